The number of hydrogen-bond donors (Lipinski definition) is 3. The summed E-state index contributed by atoms with van der Waals surface area (Å²) in [4.78, 5) is 21.5. The Labute approximate surface area is 127 Å². The van der Waals surface area contributed by atoms with Crippen molar-refractivity contribution in [3.05, 3.63) is 53.0 Å². The van der Waals surface area contributed by atoms with Crippen molar-refractivity contribution in [3.63, 3.8) is 0 Å². The first-order valence-corrected chi connectivity index (χ1v) is 8.24. The maximum atomic E-state index is 11.4. The molecule has 0 amide bonds. The first-order chi connectivity index (χ1) is 10.4. The van der Waals surface area contributed by atoms with Crippen LogP contribution in [0, 0.1) is 0 Å². The molecule has 1 aromatic carbocycles. The minimum absolute atomic E-state index is 0.0365. The van der Waals surface area contributed by atoms with E-state index in [1.165, 1.54) is 6.08 Å². The molecule has 3 N–H and O–H groups in total. The lowest BCUT2D eigenvalue weighted by molar-refractivity contribution is -0.00600. The molecule has 0 spiro atoms. The molecule has 0 aromatic heterocycles. The highest BCUT2D eigenvalue weighted by molar-refractivity contribution is 7.58. The van der Waals surface area contributed by atoms with E-state index in [0.29, 0.717) is 12.3 Å². The van der Waals surface area contributed by atoms with E-state index >= 15 is 0 Å². The Morgan fingerprint density at radius 3 is 2.59 bits per heavy atom. The molecule has 116 valence electrons. The Balaban J connectivity index is 2.20. The van der Waals surface area contributed by atoms with Crippen LogP contribution in [0.15, 0.2) is 47.4 Å². The van der Waals surface area contributed by atoms with Crippen LogP contribution in [-0.4, -0.2) is 26.9 Å². The van der Waals surface area contributed by atoms with E-state index in [2.05, 4.69) is 10.1 Å². The van der Waals surface area contributed by atoms with Gasteiger partial charge in [0.05, 0.1) is 13.0 Å². The number of allylic oxidation sites excluding steroid dienone is 3. The Hall–Kier alpha value is -2.17. The number of ether oxygens (including phenoxy) is 1. The molecule has 8 heteroatoms. The van der Waals surface area contributed by atoms with Crippen LogP contribution < -0.4 is 10.1 Å². The van der Waals surface area contributed by atoms with Crippen LogP contribution in [0.4, 0.5) is 5.69 Å². The number of nitrogens with zero attached hydrogens (tertiary/aromatic N) is 2. The quantitative estimate of drug-likeness (QED) is 0.438. The average Bonchev–Trinajstić information content (AvgIpc) is 2.48. The minimum Gasteiger partial charge on any atom is -0.494 e. The molecule has 0 heterocycles. The lowest BCUT2D eigenvalue weighted by atomic mass is 10.1. The zero-order chi connectivity index (χ0) is 16.2. The highest BCUT2D eigenvalue weighted by Gasteiger charge is 2.33. The molecular weight excluding hydrogens is 305 g/mol. The molecule has 1 aromatic rings. The number of nitrogens with one attached hydrogen (secondary N) is 1. The first kappa shape index (κ1) is 16.2. The summed E-state index contributed by atoms with van der Waals surface area (Å²) in [5, 5.41) is 2.76. The molecule has 0 saturated carbocycles. The highest BCUT2D eigenvalue weighted by atomic mass is 31.2. The van der Waals surface area contributed by atoms with E-state index < -0.39 is 7.60 Å². The second-order valence-electron chi connectivity index (χ2n) is 4.57. The summed E-state index contributed by atoms with van der Waals surface area (Å²) in [6.45, 7) is 2.48. The fraction of sp³-hybridized carbons (Fsp3) is 0.214. The molecule has 7 nitrogen and oxygen atoms in total. The van der Waals surface area contributed by atoms with Gasteiger partial charge in [-0.25, -0.2) is 0 Å². The van der Waals surface area contributed by atoms with E-state index in [0.717, 1.165) is 11.4 Å². The monoisotopic (exact) mass is 321 g/mol. The number of hydrogen-bond acceptors (Lipinski definition) is 3. The number of benzene rings is 1. The summed E-state index contributed by atoms with van der Waals surface area (Å²) in [5.41, 5.74) is 10.1. The van der Waals surface area contributed by atoms with Gasteiger partial charge in [-0.2, -0.15) is 4.79 Å². The van der Waals surface area contributed by atoms with Crippen molar-refractivity contribution in [1.29, 1.82) is 0 Å². The van der Waals surface area contributed by atoms with Crippen LogP contribution in [0.2, 0.25) is 0 Å². The van der Waals surface area contributed by atoms with Crippen LogP contribution in [0.5, 0.6) is 5.75 Å². The van der Waals surface area contributed by atoms with Gasteiger partial charge in [0.25, 0.3) is 0 Å². The van der Waals surface area contributed by atoms with Gasteiger partial charge in [-0.05, 0) is 43.3 Å². The molecule has 22 heavy (non-hydrogen) atoms. The van der Waals surface area contributed by atoms with Gasteiger partial charge in [-0.1, -0.05) is 0 Å². The van der Waals surface area contributed by atoms with Gasteiger partial charge >= 0.3 is 13.3 Å². The second kappa shape index (κ2) is 6.73. The number of anilines is 1. The summed E-state index contributed by atoms with van der Waals surface area (Å²) >= 11 is 0. The van der Waals surface area contributed by atoms with Crippen molar-refractivity contribution in [1.82, 2.24) is 0 Å². The first-order valence-electron chi connectivity index (χ1n) is 6.63. The Kier molecular flexibility index (Phi) is 4.96. The standard InChI is InChI=1S/C14H16N3O4P/c1-2-21-12-6-3-10(4-7-12)16-11-5-8-13(17-15)14(9-11)22(18,19)20/h3-7,9,16H,2,8H2,1H3,(H2,18,19,20). The smallest absolute Gasteiger partial charge is 0.363 e. The zero-order valence-corrected chi connectivity index (χ0v) is 12.8. The second-order valence-corrected chi connectivity index (χ2v) is 6.14. The molecule has 2 rings (SSSR count). The van der Waals surface area contributed by atoms with E-state index in [-0.39, 0.29) is 17.4 Å². The Bertz CT molecular complexity index is 712. The van der Waals surface area contributed by atoms with Gasteiger partial charge in [0, 0.05) is 11.4 Å². The van der Waals surface area contributed by atoms with Gasteiger partial charge in [0.1, 0.15) is 5.75 Å². The van der Waals surface area contributed by atoms with Crippen LogP contribution in [0.3, 0.4) is 0 Å². The molecular formula is C14H16N3O4P. The summed E-state index contributed by atoms with van der Waals surface area (Å²) < 4.78 is 16.8. The fourth-order valence-electron chi connectivity index (χ4n) is 2.00. The Morgan fingerprint density at radius 1 is 1.36 bits per heavy atom. The SMILES string of the molecule is CCOc1ccc(NC2=CCC(=[N+]=[N-])C(P(=O)(O)O)=C2)cc1. The average molecular weight is 321 g/mol. The highest BCUT2D eigenvalue weighted by Crippen LogP contribution is 2.47. The lowest BCUT2D eigenvalue weighted by Gasteiger charge is -2.14. The van der Waals surface area contributed by atoms with Gasteiger partial charge in [-0.15, -0.1) is 0 Å². The Morgan fingerprint density at radius 2 is 2.05 bits per heavy atom. The van der Waals surface area contributed by atoms with Crippen molar-refractivity contribution in [3.8, 4) is 5.75 Å². The molecule has 0 fully saturated rings. The topological polar surface area (TPSA) is 115 Å². The van der Waals surface area contributed by atoms with Gasteiger partial charge < -0.3 is 25.4 Å². The molecule has 0 atom stereocenters. The van der Waals surface area contributed by atoms with E-state index in [4.69, 9.17) is 10.3 Å². The van der Waals surface area contributed by atoms with Crippen molar-refractivity contribution in [2.24, 2.45) is 0 Å². The van der Waals surface area contributed by atoms with Crippen LogP contribution in [0.25, 0.3) is 5.53 Å². The zero-order valence-electron chi connectivity index (χ0n) is 11.9. The molecule has 1 aliphatic carbocycles. The summed E-state index contributed by atoms with van der Waals surface area (Å²) in [6, 6.07) is 7.19. The normalized spacial score (nSPS) is 14.8. The minimum atomic E-state index is -4.50. The summed E-state index contributed by atoms with van der Waals surface area (Å²) in [7, 11) is -4.50. The largest absolute Gasteiger partial charge is 0.494 e. The number of rotatable bonds is 5. The van der Waals surface area contributed by atoms with Crippen molar-refractivity contribution < 1.29 is 23.9 Å². The molecule has 0 unspecified atom stereocenters. The fourth-order valence-corrected chi connectivity index (χ4v) is 2.78. The third-order valence-corrected chi connectivity index (χ3v) is 4.01. The maximum Gasteiger partial charge on any atom is 0.363 e. The van der Waals surface area contributed by atoms with Crippen molar-refractivity contribution in [2.75, 3.05) is 11.9 Å². The van der Waals surface area contributed by atoms with Gasteiger partial charge in [-0.3, -0.25) is 4.57 Å². The van der Waals surface area contributed by atoms with Crippen molar-refractivity contribution >= 4 is 19.0 Å². The van der Waals surface area contributed by atoms with E-state index in [1.54, 1.807) is 30.3 Å². The van der Waals surface area contributed by atoms with Gasteiger partial charge in [0.15, 0.2) is 5.31 Å². The third-order valence-electron chi connectivity index (χ3n) is 2.99. The maximum absolute atomic E-state index is 11.4. The van der Waals surface area contributed by atoms with Crippen LogP contribution in [-0.2, 0) is 4.57 Å². The lowest BCUT2D eigenvalue weighted by Crippen LogP contribution is -2.12. The van der Waals surface area contributed by atoms with Crippen LogP contribution in [0.1, 0.15) is 13.3 Å². The third kappa shape index (κ3) is 3.93. The molecule has 0 bridgehead atoms. The molecule has 0 radical (unpaired) electrons. The molecule has 0 saturated heterocycles. The van der Waals surface area contributed by atoms with Crippen molar-refractivity contribution in [2.45, 2.75) is 13.3 Å². The van der Waals surface area contributed by atoms with Gasteiger partial charge in [0.2, 0.25) is 0 Å². The summed E-state index contributed by atoms with van der Waals surface area (Å²) in [5.74, 6) is 0.742. The van der Waals surface area contributed by atoms with E-state index in [1.807, 2.05) is 6.92 Å². The summed E-state index contributed by atoms with van der Waals surface area (Å²) in [6.07, 6.45) is 3.10. The molecule has 0 aliphatic heterocycles. The van der Waals surface area contributed by atoms with E-state index in [9.17, 15) is 14.4 Å². The predicted molar refractivity (Wildman–Crippen MR) is 82.7 cm³/mol. The van der Waals surface area contributed by atoms with Crippen LogP contribution >= 0.6 is 7.60 Å². The molecule has 1 aliphatic rings. The predicted octanol–water partition coefficient (Wildman–Crippen LogP) is 2.52.